The second kappa shape index (κ2) is 9.76. The molecule has 0 saturated heterocycles. The van der Waals surface area contributed by atoms with Crippen LogP contribution in [0.5, 0.6) is 0 Å². The third-order valence-electron chi connectivity index (χ3n) is 3.00. The summed E-state index contributed by atoms with van der Waals surface area (Å²) in [5.74, 6) is -0.0625. The number of aromatic nitrogens is 1. The van der Waals surface area contributed by atoms with Gasteiger partial charge in [-0.05, 0) is 31.0 Å². The van der Waals surface area contributed by atoms with E-state index < -0.39 is 0 Å². The van der Waals surface area contributed by atoms with Gasteiger partial charge in [-0.3, -0.25) is 9.78 Å². The molecule has 0 atom stereocenters. The fourth-order valence-corrected chi connectivity index (χ4v) is 2.06. The van der Waals surface area contributed by atoms with Crippen LogP contribution in [0, 0.1) is 6.07 Å². The molecule has 3 aromatic rings. The number of carbonyl (C=O) groups is 1. The molecule has 4 heteroatoms. The van der Waals surface area contributed by atoms with Crippen molar-refractivity contribution in [3.05, 3.63) is 78.6 Å². The zero-order valence-corrected chi connectivity index (χ0v) is 15.9. The summed E-state index contributed by atoms with van der Waals surface area (Å²) in [5.41, 5.74) is 3.03. The molecule has 1 heterocycles. The second-order valence-electron chi connectivity index (χ2n) is 5.06. The molecule has 0 amide bonds. The predicted molar refractivity (Wildman–Crippen MR) is 93.1 cm³/mol. The van der Waals surface area contributed by atoms with Crippen LogP contribution < -0.4 is 0 Å². The Morgan fingerprint density at radius 3 is 2.33 bits per heavy atom. The summed E-state index contributed by atoms with van der Waals surface area (Å²) < 4.78 is 0. The van der Waals surface area contributed by atoms with E-state index in [2.05, 4.69) is 23.2 Å². The van der Waals surface area contributed by atoms with Crippen molar-refractivity contribution in [2.75, 3.05) is 0 Å². The van der Waals surface area contributed by atoms with Gasteiger partial charge in [0, 0.05) is 26.2 Å². The maximum Gasteiger partial charge on any atom is 0.155 e. The van der Waals surface area contributed by atoms with Crippen LogP contribution in [0.15, 0.2) is 72.5 Å². The minimum atomic E-state index is -0.125. The minimum Gasteiger partial charge on any atom is -0.512 e. The fourth-order valence-electron chi connectivity index (χ4n) is 2.06. The van der Waals surface area contributed by atoms with Crippen LogP contribution in [-0.2, 0) is 24.9 Å². The standard InChI is InChI=1S/C15H10N.C5H8O2.Ir/c1-2-6-12(7-3-1)15-11-10-13-8-4-5-9-14(13)16-15;1-4(6)3-5(2)7;/h1-6,8-11H;3,6H,1-2H3;/q-1;;/b;4-3-;. The van der Waals surface area contributed by atoms with Crippen molar-refractivity contribution in [1.82, 2.24) is 4.98 Å². The van der Waals surface area contributed by atoms with Gasteiger partial charge in [-0.25, -0.2) is 0 Å². The summed E-state index contributed by atoms with van der Waals surface area (Å²) in [7, 11) is 0. The number of aliphatic hydroxyl groups excluding tert-OH is 1. The number of para-hydroxylation sites is 1. The normalized spacial score (nSPS) is 10.3. The molecule has 3 rings (SSSR count). The molecule has 1 radical (unpaired) electrons. The Morgan fingerprint density at radius 1 is 1.04 bits per heavy atom. The van der Waals surface area contributed by atoms with E-state index in [1.165, 1.54) is 25.3 Å². The van der Waals surface area contributed by atoms with Crippen molar-refractivity contribution in [2.45, 2.75) is 13.8 Å². The SMILES string of the molecule is CC(=O)/C=C(/C)O.[Ir].[c-]1ccccc1-c1ccc2ccccc2n1. The van der Waals surface area contributed by atoms with Crippen LogP contribution in [0.3, 0.4) is 0 Å². The number of carbonyl (C=O) groups excluding carboxylic acids is 1. The first-order chi connectivity index (χ1) is 11.1. The Kier molecular flexibility index (Phi) is 8.03. The van der Waals surface area contributed by atoms with Gasteiger partial charge < -0.3 is 5.11 Å². The van der Waals surface area contributed by atoms with Crippen molar-refractivity contribution in [3.63, 3.8) is 0 Å². The first-order valence-corrected chi connectivity index (χ1v) is 7.27. The quantitative estimate of drug-likeness (QED) is 0.317. The summed E-state index contributed by atoms with van der Waals surface area (Å²) >= 11 is 0. The van der Waals surface area contributed by atoms with Crippen LogP contribution in [0.4, 0.5) is 0 Å². The van der Waals surface area contributed by atoms with E-state index in [4.69, 9.17) is 5.11 Å². The van der Waals surface area contributed by atoms with Gasteiger partial charge >= 0.3 is 0 Å². The number of hydrogen-bond acceptors (Lipinski definition) is 3. The topological polar surface area (TPSA) is 50.2 Å². The molecule has 3 nitrogen and oxygen atoms in total. The number of hydrogen-bond donors (Lipinski definition) is 1. The van der Waals surface area contributed by atoms with Crippen molar-refractivity contribution < 1.29 is 30.0 Å². The number of nitrogens with zero attached hydrogens (tertiary/aromatic N) is 1. The predicted octanol–water partition coefficient (Wildman–Crippen LogP) is 4.74. The van der Waals surface area contributed by atoms with Crippen LogP contribution >= 0.6 is 0 Å². The molecule has 0 bridgehead atoms. The van der Waals surface area contributed by atoms with Crippen LogP contribution in [-0.4, -0.2) is 15.9 Å². The largest absolute Gasteiger partial charge is 0.512 e. The van der Waals surface area contributed by atoms with E-state index >= 15 is 0 Å². The summed E-state index contributed by atoms with van der Waals surface area (Å²) in [6, 6.07) is 23.4. The molecule has 0 unspecified atom stereocenters. The smallest absolute Gasteiger partial charge is 0.155 e. The third-order valence-corrected chi connectivity index (χ3v) is 3.00. The van der Waals surface area contributed by atoms with Crippen molar-refractivity contribution in [3.8, 4) is 11.3 Å². The van der Waals surface area contributed by atoms with E-state index in [0.29, 0.717) is 0 Å². The number of benzene rings is 2. The summed E-state index contributed by atoms with van der Waals surface area (Å²) in [6.07, 6.45) is 1.17. The van der Waals surface area contributed by atoms with Gasteiger partial charge in [0.25, 0.3) is 0 Å². The van der Waals surface area contributed by atoms with E-state index in [9.17, 15) is 4.79 Å². The van der Waals surface area contributed by atoms with Crippen molar-refractivity contribution in [2.24, 2.45) is 0 Å². The third kappa shape index (κ3) is 6.07. The fraction of sp³-hybridized carbons (Fsp3) is 0.100. The molecule has 2 aromatic carbocycles. The van der Waals surface area contributed by atoms with E-state index in [0.717, 1.165) is 16.8 Å². The van der Waals surface area contributed by atoms with E-state index in [1.54, 1.807) is 0 Å². The summed E-state index contributed by atoms with van der Waals surface area (Å²) in [5, 5.41) is 9.53. The van der Waals surface area contributed by atoms with Gasteiger partial charge in [0.2, 0.25) is 0 Å². The maximum absolute atomic E-state index is 10.0. The maximum atomic E-state index is 10.0. The van der Waals surface area contributed by atoms with Gasteiger partial charge in [-0.1, -0.05) is 30.3 Å². The molecule has 0 aliphatic carbocycles. The van der Waals surface area contributed by atoms with Gasteiger partial charge in [0.05, 0.1) is 11.3 Å². The molecule has 1 aromatic heterocycles. The van der Waals surface area contributed by atoms with Gasteiger partial charge in [-0.15, -0.1) is 35.9 Å². The summed E-state index contributed by atoms with van der Waals surface area (Å²) in [4.78, 5) is 14.6. The number of fused-ring (bicyclic) bond motifs is 1. The monoisotopic (exact) mass is 497 g/mol. The molecule has 125 valence electrons. The molecule has 0 saturated carbocycles. The first kappa shape index (κ1) is 19.8. The zero-order chi connectivity index (χ0) is 16.7. The average molecular weight is 497 g/mol. The first-order valence-electron chi connectivity index (χ1n) is 7.27. The molecule has 0 aliphatic heterocycles. The molecule has 0 spiro atoms. The average Bonchev–Trinajstić information content (AvgIpc) is 2.54. The van der Waals surface area contributed by atoms with Crippen molar-refractivity contribution in [1.29, 1.82) is 0 Å². The Bertz CT molecular complexity index is 825. The van der Waals surface area contributed by atoms with Crippen LogP contribution in [0.1, 0.15) is 13.8 Å². The number of rotatable bonds is 2. The van der Waals surface area contributed by atoms with E-state index in [1.807, 2.05) is 48.5 Å². The Hall–Kier alpha value is -2.29. The Labute approximate surface area is 155 Å². The molecule has 24 heavy (non-hydrogen) atoms. The number of aliphatic hydroxyl groups is 1. The number of ketones is 1. The zero-order valence-electron chi connectivity index (χ0n) is 13.5. The van der Waals surface area contributed by atoms with Gasteiger partial charge in [-0.2, -0.15) is 0 Å². The number of allylic oxidation sites excluding steroid dienone is 2. The van der Waals surface area contributed by atoms with Crippen LogP contribution in [0.25, 0.3) is 22.2 Å². The van der Waals surface area contributed by atoms with Crippen LogP contribution in [0.2, 0.25) is 0 Å². The van der Waals surface area contributed by atoms with Gasteiger partial charge in [0.1, 0.15) is 0 Å². The molecule has 1 N–H and O–H groups in total. The minimum absolute atomic E-state index is 0. The molecular formula is C20H18IrNO2-. The second-order valence-corrected chi connectivity index (χ2v) is 5.06. The Morgan fingerprint density at radius 2 is 1.75 bits per heavy atom. The molecule has 0 fully saturated rings. The van der Waals surface area contributed by atoms with E-state index in [-0.39, 0.29) is 31.6 Å². The van der Waals surface area contributed by atoms with Gasteiger partial charge in [0.15, 0.2) is 5.78 Å². The van der Waals surface area contributed by atoms with Crippen molar-refractivity contribution >= 4 is 16.7 Å². The molecule has 0 aliphatic rings. The molecular weight excluding hydrogens is 478 g/mol. The number of pyridine rings is 1. The Balaban J connectivity index is 0.000000312. The summed E-state index contributed by atoms with van der Waals surface area (Å²) in [6.45, 7) is 2.85.